The van der Waals surface area contributed by atoms with Gasteiger partial charge in [0.1, 0.15) is 0 Å². The number of urea groups is 1. The third-order valence-electron chi connectivity index (χ3n) is 8.22. The first-order valence-corrected chi connectivity index (χ1v) is 17.0. The molecule has 9 heteroatoms. The van der Waals surface area contributed by atoms with Gasteiger partial charge in [-0.05, 0) is 57.8 Å². The fourth-order valence-electron chi connectivity index (χ4n) is 6.01. The zero-order valence-corrected chi connectivity index (χ0v) is 25.1. The van der Waals surface area contributed by atoms with Crippen molar-refractivity contribution < 1.29 is 13.2 Å². The molecule has 0 radical (unpaired) electrons. The summed E-state index contributed by atoms with van der Waals surface area (Å²) in [6.45, 7) is 13.7. The number of thioether (sulfide) groups is 1. The standard InChI is InChI=1S/C28H50N4O3S2/c1-5-21-37(34,35)31-19-17-30(18-20-31)22-27(6-2)36-24(4)29-28(33)32(25-11-9-7-8-10-12-25)26-15-13-23(3)14-16-26/h6,23,25-26H,4-5,7-22H2,1-3H3,(H,29,33)/b27-6-. The van der Waals surface area contributed by atoms with Crippen molar-refractivity contribution in [3.05, 3.63) is 22.6 Å². The summed E-state index contributed by atoms with van der Waals surface area (Å²) in [6.07, 6.45) is 14.5. The smallest absolute Gasteiger partial charge is 0.319 e. The van der Waals surface area contributed by atoms with Gasteiger partial charge in [-0.3, -0.25) is 4.90 Å². The number of nitrogens with zero attached hydrogens (tertiary/aromatic N) is 3. The molecule has 2 amide bonds. The molecule has 212 valence electrons. The van der Waals surface area contributed by atoms with E-state index in [1.54, 1.807) is 4.31 Å². The molecule has 2 saturated carbocycles. The molecule has 7 nitrogen and oxygen atoms in total. The van der Waals surface area contributed by atoms with Gasteiger partial charge in [-0.15, -0.1) is 0 Å². The van der Waals surface area contributed by atoms with Crippen LogP contribution in [0, 0.1) is 5.92 Å². The van der Waals surface area contributed by atoms with Crippen molar-refractivity contribution in [2.75, 3.05) is 38.5 Å². The van der Waals surface area contributed by atoms with Crippen molar-refractivity contribution in [3.63, 3.8) is 0 Å². The molecule has 0 aromatic carbocycles. The summed E-state index contributed by atoms with van der Waals surface area (Å²) in [5.41, 5.74) is 0. The first kappa shape index (κ1) is 30.5. The number of sulfonamides is 1. The van der Waals surface area contributed by atoms with E-state index < -0.39 is 10.0 Å². The Morgan fingerprint density at radius 1 is 1.00 bits per heavy atom. The zero-order valence-electron chi connectivity index (χ0n) is 23.4. The summed E-state index contributed by atoms with van der Waals surface area (Å²) >= 11 is 1.53. The maximum absolute atomic E-state index is 13.6. The summed E-state index contributed by atoms with van der Waals surface area (Å²) in [5.74, 6) is 0.979. The van der Waals surface area contributed by atoms with Crippen LogP contribution in [0.25, 0.3) is 0 Å². The highest BCUT2D eigenvalue weighted by molar-refractivity contribution is 8.06. The van der Waals surface area contributed by atoms with Crippen LogP contribution in [0.5, 0.6) is 0 Å². The Kier molecular flexibility index (Phi) is 12.3. The minimum absolute atomic E-state index is 0.0224. The number of hydrogen-bond donors (Lipinski definition) is 1. The highest BCUT2D eigenvalue weighted by atomic mass is 32.2. The van der Waals surface area contributed by atoms with Crippen LogP contribution in [-0.4, -0.2) is 79.1 Å². The lowest BCUT2D eigenvalue weighted by Gasteiger charge is -2.41. The van der Waals surface area contributed by atoms with E-state index in [-0.39, 0.29) is 11.8 Å². The molecule has 37 heavy (non-hydrogen) atoms. The van der Waals surface area contributed by atoms with E-state index >= 15 is 0 Å². The third-order valence-corrected chi connectivity index (χ3v) is 11.3. The Morgan fingerprint density at radius 2 is 1.59 bits per heavy atom. The number of amides is 2. The van der Waals surface area contributed by atoms with Crippen LogP contribution in [0.4, 0.5) is 4.79 Å². The highest BCUT2D eigenvalue weighted by Crippen LogP contribution is 2.33. The predicted molar refractivity (Wildman–Crippen MR) is 156 cm³/mol. The van der Waals surface area contributed by atoms with Gasteiger partial charge in [0.15, 0.2) is 0 Å². The zero-order chi connectivity index (χ0) is 26.8. The molecular formula is C28H50N4O3S2. The molecule has 1 saturated heterocycles. The average molecular weight is 555 g/mol. The quantitative estimate of drug-likeness (QED) is 0.347. The number of hydrogen-bond acceptors (Lipinski definition) is 5. The molecule has 0 unspecified atom stereocenters. The molecule has 0 atom stereocenters. The normalized spacial score (nSPS) is 25.4. The average Bonchev–Trinajstić information content (AvgIpc) is 3.14. The number of allylic oxidation sites excluding steroid dienone is 1. The summed E-state index contributed by atoms with van der Waals surface area (Å²) < 4.78 is 26.4. The molecule has 1 N–H and O–H groups in total. The molecule has 0 aromatic rings. The Balaban J connectivity index is 1.54. The summed E-state index contributed by atoms with van der Waals surface area (Å²) in [4.78, 5) is 19.3. The lowest BCUT2D eigenvalue weighted by molar-refractivity contribution is 0.109. The Morgan fingerprint density at radius 3 is 2.16 bits per heavy atom. The molecule has 0 spiro atoms. The summed E-state index contributed by atoms with van der Waals surface area (Å²) in [6, 6.07) is 0.688. The Labute approximate surface area is 230 Å². The Bertz CT molecular complexity index is 868. The van der Waals surface area contributed by atoms with E-state index in [1.807, 2.05) is 13.8 Å². The van der Waals surface area contributed by atoms with Crippen LogP contribution >= 0.6 is 11.8 Å². The first-order chi connectivity index (χ1) is 17.7. The second-order valence-electron chi connectivity index (χ2n) is 11.2. The van der Waals surface area contributed by atoms with Crippen molar-refractivity contribution in [1.29, 1.82) is 0 Å². The van der Waals surface area contributed by atoms with Gasteiger partial charge in [-0.2, -0.15) is 4.31 Å². The van der Waals surface area contributed by atoms with E-state index in [9.17, 15) is 13.2 Å². The van der Waals surface area contributed by atoms with Crippen LogP contribution < -0.4 is 5.32 Å². The van der Waals surface area contributed by atoms with Gasteiger partial charge in [0, 0.05) is 49.7 Å². The van der Waals surface area contributed by atoms with Gasteiger partial charge < -0.3 is 10.2 Å². The Hall–Kier alpha value is -1.03. The largest absolute Gasteiger partial charge is 0.322 e. The van der Waals surface area contributed by atoms with Gasteiger partial charge in [-0.25, -0.2) is 13.2 Å². The van der Waals surface area contributed by atoms with Crippen LogP contribution in [0.2, 0.25) is 0 Å². The predicted octanol–water partition coefficient (Wildman–Crippen LogP) is 5.77. The van der Waals surface area contributed by atoms with Gasteiger partial charge in [0.25, 0.3) is 0 Å². The second kappa shape index (κ2) is 14.9. The summed E-state index contributed by atoms with van der Waals surface area (Å²) in [7, 11) is -3.14. The van der Waals surface area contributed by atoms with E-state index in [0.717, 1.165) is 56.1 Å². The van der Waals surface area contributed by atoms with Crippen molar-refractivity contribution in [2.24, 2.45) is 5.92 Å². The van der Waals surface area contributed by atoms with Gasteiger partial charge in [-0.1, -0.05) is 63.9 Å². The molecular weight excluding hydrogens is 504 g/mol. The van der Waals surface area contributed by atoms with Gasteiger partial charge in [0.2, 0.25) is 10.0 Å². The van der Waals surface area contributed by atoms with Crippen molar-refractivity contribution in [1.82, 2.24) is 19.4 Å². The van der Waals surface area contributed by atoms with Crippen molar-refractivity contribution >= 4 is 27.8 Å². The number of carbonyl (C=O) groups excluding carboxylic acids is 1. The SMILES string of the molecule is C=C(NC(=O)N(C1CCCCCC1)C1CCC(C)CC1)S/C(=C\C)CN1CCN(S(=O)(=O)CCC)CC1. The molecule has 2 aliphatic carbocycles. The lowest BCUT2D eigenvalue weighted by atomic mass is 9.85. The van der Waals surface area contributed by atoms with Crippen LogP contribution in [0.1, 0.15) is 91.4 Å². The lowest BCUT2D eigenvalue weighted by Crippen LogP contribution is -2.52. The minimum atomic E-state index is -3.14. The fourth-order valence-corrected chi connectivity index (χ4v) is 8.32. The van der Waals surface area contributed by atoms with E-state index in [0.29, 0.717) is 36.6 Å². The third kappa shape index (κ3) is 9.29. The minimum Gasteiger partial charge on any atom is -0.319 e. The molecule has 0 bridgehead atoms. The van der Waals surface area contributed by atoms with E-state index in [1.165, 1.54) is 50.3 Å². The maximum atomic E-state index is 13.6. The van der Waals surface area contributed by atoms with Crippen molar-refractivity contribution in [2.45, 2.75) is 103 Å². The van der Waals surface area contributed by atoms with Gasteiger partial charge in [0.05, 0.1) is 10.8 Å². The fraction of sp³-hybridized carbons (Fsp3) is 0.821. The van der Waals surface area contributed by atoms with Crippen LogP contribution in [-0.2, 0) is 10.0 Å². The second-order valence-corrected chi connectivity index (χ2v) is 14.5. The topological polar surface area (TPSA) is 73.0 Å². The number of rotatable bonds is 10. The molecule has 3 rings (SSSR count). The monoisotopic (exact) mass is 554 g/mol. The van der Waals surface area contributed by atoms with Crippen molar-refractivity contribution in [3.8, 4) is 0 Å². The molecule has 1 aliphatic heterocycles. The highest BCUT2D eigenvalue weighted by Gasteiger charge is 2.33. The first-order valence-electron chi connectivity index (χ1n) is 14.5. The van der Waals surface area contributed by atoms with Gasteiger partial charge >= 0.3 is 6.03 Å². The number of piperazine rings is 1. The summed E-state index contributed by atoms with van der Waals surface area (Å²) in [5, 5.41) is 3.83. The van der Waals surface area contributed by atoms with Crippen LogP contribution in [0.3, 0.4) is 0 Å². The molecule has 3 fully saturated rings. The van der Waals surface area contributed by atoms with E-state index in [2.05, 4.69) is 34.7 Å². The van der Waals surface area contributed by atoms with Crippen LogP contribution in [0.15, 0.2) is 22.6 Å². The molecule has 3 aliphatic rings. The number of nitrogens with one attached hydrogen (secondary N) is 1. The maximum Gasteiger partial charge on any atom is 0.322 e. The molecule has 1 heterocycles. The molecule has 0 aromatic heterocycles. The van der Waals surface area contributed by atoms with E-state index in [4.69, 9.17) is 0 Å². The number of carbonyl (C=O) groups is 1.